The molecule has 3 heterocycles. The highest BCUT2D eigenvalue weighted by atomic mass is 16.2. The minimum atomic E-state index is -0.248. The van der Waals surface area contributed by atoms with Crippen LogP contribution in [0, 0.1) is 0 Å². The van der Waals surface area contributed by atoms with E-state index in [0.29, 0.717) is 19.0 Å². The Balaban J connectivity index is 1.47. The fourth-order valence-electron chi connectivity index (χ4n) is 2.76. The van der Waals surface area contributed by atoms with Crippen LogP contribution in [0.15, 0.2) is 36.8 Å². The Labute approximate surface area is 147 Å². The average molecular weight is 341 g/mol. The molecular formula is C17H23N7O. The molecule has 1 saturated heterocycles. The lowest BCUT2D eigenvalue weighted by atomic mass is 10.1. The van der Waals surface area contributed by atoms with Gasteiger partial charge in [0.05, 0.1) is 5.69 Å². The van der Waals surface area contributed by atoms with Gasteiger partial charge in [0.15, 0.2) is 5.82 Å². The lowest BCUT2D eigenvalue weighted by Gasteiger charge is -2.29. The largest absolute Gasteiger partial charge is 0.355 e. The van der Waals surface area contributed by atoms with Gasteiger partial charge in [0.25, 0.3) is 0 Å². The van der Waals surface area contributed by atoms with Crippen molar-refractivity contribution in [3.8, 4) is 0 Å². The van der Waals surface area contributed by atoms with Crippen LogP contribution in [0.3, 0.4) is 0 Å². The quantitative estimate of drug-likeness (QED) is 0.697. The van der Waals surface area contributed by atoms with Crippen LogP contribution in [0.25, 0.3) is 0 Å². The molecule has 8 heteroatoms. The molecule has 3 rings (SSSR count). The van der Waals surface area contributed by atoms with E-state index in [9.17, 15) is 4.79 Å². The number of aromatic nitrogens is 3. The number of nitrogens with one attached hydrogen (secondary N) is 3. The fourth-order valence-corrected chi connectivity index (χ4v) is 2.76. The number of hydrogen-bond donors (Lipinski definition) is 3. The summed E-state index contributed by atoms with van der Waals surface area (Å²) in [6.07, 6.45) is 8.67. The molecule has 1 aliphatic heterocycles. The van der Waals surface area contributed by atoms with Gasteiger partial charge in [-0.2, -0.15) is 0 Å². The summed E-state index contributed by atoms with van der Waals surface area (Å²) in [4.78, 5) is 26.9. The van der Waals surface area contributed by atoms with Gasteiger partial charge in [-0.05, 0) is 37.5 Å². The number of carbonyl (C=O) groups excluding carboxylic acids is 1. The Hall–Kier alpha value is -2.90. The van der Waals surface area contributed by atoms with Gasteiger partial charge in [0, 0.05) is 44.8 Å². The van der Waals surface area contributed by atoms with Crippen LogP contribution in [0.4, 0.5) is 22.2 Å². The van der Waals surface area contributed by atoms with Gasteiger partial charge in [-0.25, -0.2) is 19.7 Å². The minimum Gasteiger partial charge on any atom is -0.355 e. The highest BCUT2D eigenvalue weighted by Gasteiger charge is 2.16. The van der Waals surface area contributed by atoms with Crippen molar-refractivity contribution in [2.75, 3.05) is 41.7 Å². The highest BCUT2D eigenvalue weighted by Crippen LogP contribution is 2.25. The molecule has 0 atom stereocenters. The molecule has 0 bridgehead atoms. The maximum Gasteiger partial charge on any atom is 0.319 e. The van der Waals surface area contributed by atoms with Crippen molar-refractivity contribution >= 4 is 23.5 Å². The van der Waals surface area contributed by atoms with Crippen molar-refractivity contribution < 1.29 is 4.79 Å². The van der Waals surface area contributed by atoms with Crippen LogP contribution in [0.5, 0.6) is 0 Å². The van der Waals surface area contributed by atoms with Crippen molar-refractivity contribution in [1.82, 2.24) is 20.3 Å². The summed E-state index contributed by atoms with van der Waals surface area (Å²) in [6, 6.07) is 5.22. The molecule has 8 nitrogen and oxygen atoms in total. The Morgan fingerprint density at radius 2 is 1.76 bits per heavy atom. The van der Waals surface area contributed by atoms with E-state index in [2.05, 4.69) is 35.8 Å². The van der Waals surface area contributed by atoms with Gasteiger partial charge in [-0.1, -0.05) is 0 Å². The number of hydrogen-bond acceptors (Lipinski definition) is 6. The van der Waals surface area contributed by atoms with E-state index >= 15 is 0 Å². The molecule has 0 aliphatic carbocycles. The Bertz CT molecular complexity index is 674. The molecule has 2 aromatic heterocycles. The number of anilines is 3. The topological polar surface area (TPSA) is 95.1 Å². The highest BCUT2D eigenvalue weighted by molar-refractivity contribution is 5.92. The van der Waals surface area contributed by atoms with Gasteiger partial charge < -0.3 is 20.9 Å². The minimum absolute atomic E-state index is 0.248. The lowest BCUT2D eigenvalue weighted by Crippen LogP contribution is -2.35. The summed E-state index contributed by atoms with van der Waals surface area (Å²) in [6.45, 7) is 2.97. The van der Waals surface area contributed by atoms with Crippen molar-refractivity contribution in [2.45, 2.75) is 19.3 Å². The van der Waals surface area contributed by atoms with Crippen LogP contribution in [-0.4, -0.2) is 47.2 Å². The van der Waals surface area contributed by atoms with Crippen LogP contribution in [0.2, 0.25) is 0 Å². The Kier molecular flexibility index (Phi) is 5.97. The number of pyridine rings is 1. The molecular weight excluding hydrogens is 318 g/mol. The van der Waals surface area contributed by atoms with Gasteiger partial charge in [0.1, 0.15) is 0 Å². The van der Waals surface area contributed by atoms with Crippen molar-refractivity contribution in [3.05, 3.63) is 36.8 Å². The third kappa shape index (κ3) is 5.03. The normalized spacial score (nSPS) is 14.0. The molecule has 0 aromatic carbocycles. The summed E-state index contributed by atoms with van der Waals surface area (Å²) in [7, 11) is 0. The zero-order valence-electron chi connectivity index (χ0n) is 14.1. The van der Waals surface area contributed by atoms with E-state index < -0.39 is 0 Å². The molecule has 3 N–H and O–H groups in total. The summed E-state index contributed by atoms with van der Waals surface area (Å²) in [5.41, 5.74) is 0.737. The number of amides is 2. The summed E-state index contributed by atoms with van der Waals surface area (Å²) >= 11 is 0. The molecule has 1 fully saturated rings. The first-order valence-electron chi connectivity index (χ1n) is 8.58. The molecule has 0 unspecified atom stereocenters. The molecule has 0 radical (unpaired) electrons. The number of nitrogens with zero attached hydrogens (tertiary/aromatic N) is 4. The van der Waals surface area contributed by atoms with Crippen LogP contribution >= 0.6 is 0 Å². The second-order valence-electron chi connectivity index (χ2n) is 5.80. The van der Waals surface area contributed by atoms with E-state index in [4.69, 9.17) is 0 Å². The summed E-state index contributed by atoms with van der Waals surface area (Å²) in [5.74, 6) is 1.39. The fraction of sp³-hybridized carbons (Fsp3) is 0.412. The van der Waals surface area contributed by atoms with Crippen molar-refractivity contribution in [1.29, 1.82) is 0 Å². The Morgan fingerprint density at radius 3 is 2.56 bits per heavy atom. The van der Waals surface area contributed by atoms with Crippen LogP contribution < -0.4 is 20.9 Å². The average Bonchev–Trinajstić information content (AvgIpc) is 2.67. The van der Waals surface area contributed by atoms with Crippen LogP contribution in [-0.2, 0) is 0 Å². The third-order valence-corrected chi connectivity index (χ3v) is 3.95. The zero-order valence-corrected chi connectivity index (χ0v) is 14.1. The second-order valence-corrected chi connectivity index (χ2v) is 5.80. The van der Waals surface area contributed by atoms with E-state index in [-0.39, 0.29) is 6.03 Å². The molecule has 0 spiro atoms. The Morgan fingerprint density at radius 1 is 1.00 bits per heavy atom. The molecule has 1 aliphatic rings. The molecule has 0 saturated carbocycles. The predicted octanol–water partition coefficient (Wildman–Crippen LogP) is 2.10. The van der Waals surface area contributed by atoms with Gasteiger partial charge >= 0.3 is 6.03 Å². The molecule has 25 heavy (non-hydrogen) atoms. The number of piperidine rings is 1. The van der Waals surface area contributed by atoms with Crippen molar-refractivity contribution in [3.63, 3.8) is 0 Å². The first-order chi connectivity index (χ1) is 12.3. The van der Waals surface area contributed by atoms with Gasteiger partial charge in [-0.15, -0.1) is 0 Å². The second kappa shape index (κ2) is 8.81. The third-order valence-electron chi connectivity index (χ3n) is 3.95. The maximum absolute atomic E-state index is 12.1. The van der Waals surface area contributed by atoms with E-state index in [0.717, 1.165) is 37.4 Å². The molecule has 2 amide bonds. The molecule has 132 valence electrons. The maximum atomic E-state index is 12.1. The first kappa shape index (κ1) is 16.9. The smallest absolute Gasteiger partial charge is 0.319 e. The summed E-state index contributed by atoms with van der Waals surface area (Å²) < 4.78 is 0. The van der Waals surface area contributed by atoms with Gasteiger partial charge in [0.2, 0.25) is 5.95 Å². The van der Waals surface area contributed by atoms with Crippen molar-refractivity contribution in [2.24, 2.45) is 0 Å². The predicted molar refractivity (Wildman–Crippen MR) is 97.8 cm³/mol. The standard InChI is InChI=1S/C17H23N7O/c25-17(22-11-10-21-16-19-8-5-9-20-16)23-14-6-4-7-18-15(14)24-12-2-1-3-13-24/h4-9H,1-3,10-13H2,(H,19,20,21)(H2,22,23,25). The van der Waals surface area contributed by atoms with Crippen LogP contribution in [0.1, 0.15) is 19.3 Å². The van der Waals surface area contributed by atoms with E-state index in [1.165, 1.54) is 6.42 Å². The zero-order chi connectivity index (χ0) is 17.3. The van der Waals surface area contributed by atoms with E-state index in [1.54, 1.807) is 24.7 Å². The number of urea groups is 1. The number of carbonyl (C=O) groups is 1. The van der Waals surface area contributed by atoms with Gasteiger partial charge in [-0.3, -0.25) is 0 Å². The number of rotatable bonds is 6. The monoisotopic (exact) mass is 341 g/mol. The SMILES string of the molecule is O=C(NCCNc1ncccn1)Nc1cccnc1N1CCCCC1. The van der Waals surface area contributed by atoms with E-state index in [1.807, 2.05) is 12.1 Å². The summed E-state index contributed by atoms with van der Waals surface area (Å²) in [5, 5.41) is 8.75. The molecule has 2 aromatic rings. The lowest BCUT2D eigenvalue weighted by molar-refractivity contribution is 0.252. The first-order valence-corrected chi connectivity index (χ1v) is 8.58.